The molecule has 7 heteroatoms. The maximum atomic E-state index is 12.2. The van der Waals surface area contributed by atoms with Crippen molar-refractivity contribution in [1.29, 1.82) is 0 Å². The number of hydrogen-bond donors (Lipinski definition) is 1. The molecule has 0 aromatic heterocycles. The van der Waals surface area contributed by atoms with E-state index >= 15 is 0 Å². The molecular formula is C19H24N2O4S. The number of unbranched alkanes of at least 4 members (excludes halogenated alkanes) is 1. The molecule has 0 aliphatic rings. The lowest BCUT2D eigenvalue weighted by Crippen LogP contribution is -2.18. The molecule has 2 aromatic carbocycles. The first-order valence-electron chi connectivity index (χ1n) is 8.55. The molecule has 0 aliphatic carbocycles. The summed E-state index contributed by atoms with van der Waals surface area (Å²) in [5, 5.41) is 3.84. The lowest BCUT2D eigenvalue weighted by atomic mass is 10.2. The highest BCUT2D eigenvalue weighted by molar-refractivity contribution is 7.89. The standard InChI is InChI=1S/C19H24N2O4S/c1-3-5-13-25-18-8-6-7-16(14-18)15-20-21-26(22,23)19-11-9-17(10-12-19)24-4-2/h6-12,14-15,21H,3-5,13H2,1-2H3/b20-15+. The van der Waals surface area contributed by atoms with Crippen LogP contribution in [0.2, 0.25) is 0 Å². The van der Waals surface area contributed by atoms with Crippen molar-refractivity contribution in [3.63, 3.8) is 0 Å². The van der Waals surface area contributed by atoms with E-state index in [1.165, 1.54) is 18.3 Å². The van der Waals surface area contributed by atoms with Gasteiger partial charge in [0.25, 0.3) is 10.0 Å². The summed E-state index contributed by atoms with van der Waals surface area (Å²) >= 11 is 0. The van der Waals surface area contributed by atoms with Crippen molar-refractivity contribution >= 4 is 16.2 Å². The first-order valence-corrected chi connectivity index (χ1v) is 10.0. The Labute approximate surface area is 154 Å². The van der Waals surface area contributed by atoms with Gasteiger partial charge in [-0.15, -0.1) is 0 Å². The minimum atomic E-state index is -3.72. The van der Waals surface area contributed by atoms with Gasteiger partial charge in [-0.1, -0.05) is 25.5 Å². The molecule has 2 aromatic rings. The molecule has 0 amide bonds. The zero-order valence-corrected chi connectivity index (χ0v) is 15.8. The summed E-state index contributed by atoms with van der Waals surface area (Å²) in [5.41, 5.74) is 0.744. The molecule has 0 bridgehead atoms. The van der Waals surface area contributed by atoms with Crippen LogP contribution in [0.25, 0.3) is 0 Å². The van der Waals surface area contributed by atoms with E-state index in [1.54, 1.807) is 12.1 Å². The van der Waals surface area contributed by atoms with Crippen molar-refractivity contribution in [3.8, 4) is 11.5 Å². The fraction of sp³-hybridized carbons (Fsp3) is 0.316. The van der Waals surface area contributed by atoms with Crippen molar-refractivity contribution in [2.45, 2.75) is 31.6 Å². The van der Waals surface area contributed by atoms with Crippen LogP contribution < -0.4 is 14.3 Å². The molecule has 1 N–H and O–H groups in total. The lowest BCUT2D eigenvalue weighted by molar-refractivity contribution is 0.309. The first kappa shape index (κ1) is 19.8. The van der Waals surface area contributed by atoms with Crippen molar-refractivity contribution in [2.24, 2.45) is 5.10 Å². The summed E-state index contributed by atoms with van der Waals surface area (Å²) in [7, 11) is -3.72. The number of benzene rings is 2. The molecule has 26 heavy (non-hydrogen) atoms. The Bertz CT molecular complexity index is 818. The molecule has 0 saturated heterocycles. The topological polar surface area (TPSA) is 77.0 Å². The number of hydrogen-bond acceptors (Lipinski definition) is 5. The van der Waals surface area contributed by atoms with E-state index in [-0.39, 0.29) is 4.90 Å². The minimum Gasteiger partial charge on any atom is -0.494 e. The average molecular weight is 376 g/mol. The normalized spacial score (nSPS) is 11.5. The van der Waals surface area contributed by atoms with Crippen LogP contribution >= 0.6 is 0 Å². The summed E-state index contributed by atoms with van der Waals surface area (Å²) in [6.45, 7) is 5.14. The third-order valence-electron chi connectivity index (χ3n) is 3.46. The number of rotatable bonds is 10. The number of nitrogens with zero attached hydrogens (tertiary/aromatic N) is 1. The quantitative estimate of drug-likeness (QED) is 0.391. The Balaban J connectivity index is 1.99. The highest BCUT2D eigenvalue weighted by atomic mass is 32.2. The van der Waals surface area contributed by atoms with Crippen molar-refractivity contribution in [3.05, 3.63) is 54.1 Å². The van der Waals surface area contributed by atoms with Gasteiger partial charge in [-0.2, -0.15) is 13.5 Å². The van der Waals surface area contributed by atoms with Crippen molar-refractivity contribution in [1.82, 2.24) is 4.83 Å². The van der Waals surface area contributed by atoms with Crippen LogP contribution in [0.1, 0.15) is 32.3 Å². The van der Waals surface area contributed by atoms with Crippen LogP contribution in [0.15, 0.2) is 58.5 Å². The summed E-state index contributed by atoms with van der Waals surface area (Å²) in [5.74, 6) is 1.35. The molecule has 0 unspecified atom stereocenters. The molecule has 0 fully saturated rings. The Hall–Kier alpha value is -2.54. The zero-order valence-electron chi connectivity index (χ0n) is 15.0. The highest BCUT2D eigenvalue weighted by Crippen LogP contribution is 2.16. The Morgan fingerprint density at radius 1 is 1.04 bits per heavy atom. The Kier molecular flexibility index (Phi) is 7.47. The number of ether oxygens (including phenoxy) is 2. The fourth-order valence-electron chi connectivity index (χ4n) is 2.12. The van der Waals surface area contributed by atoms with Crippen LogP contribution in [-0.2, 0) is 10.0 Å². The Morgan fingerprint density at radius 2 is 1.81 bits per heavy atom. The van der Waals surface area contributed by atoms with Gasteiger partial charge in [-0.25, -0.2) is 4.83 Å². The van der Waals surface area contributed by atoms with Crippen LogP contribution in [0.4, 0.5) is 0 Å². The summed E-state index contributed by atoms with van der Waals surface area (Å²) < 4.78 is 35.4. The molecule has 140 valence electrons. The van der Waals surface area contributed by atoms with Gasteiger partial charge in [-0.05, 0) is 55.3 Å². The molecule has 2 rings (SSSR count). The van der Waals surface area contributed by atoms with Gasteiger partial charge in [0, 0.05) is 0 Å². The third-order valence-corrected chi connectivity index (χ3v) is 4.69. The van der Waals surface area contributed by atoms with Gasteiger partial charge >= 0.3 is 0 Å². The van der Waals surface area contributed by atoms with Crippen LogP contribution in [0.5, 0.6) is 11.5 Å². The van der Waals surface area contributed by atoms with E-state index in [0.717, 1.165) is 24.2 Å². The number of nitrogens with one attached hydrogen (secondary N) is 1. The number of hydrazone groups is 1. The van der Waals surface area contributed by atoms with Gasteiger partial charge in [0.1, 0.15) is 11.5 Å². The molecule has 0 aliphatic heterocycles. The monoisotopic (exact) mass is 376 g/mol. The largest absolute Gasteiger partial charge is 0.494 e. The van der Waals surface area contributed by atoms with Gasteiger partial charge in [0.15, 0.2) is 0 Å². The first-order chi connectivity index (χ1) is 12.5. The third kappa shape index (κ3) is 6.07. The predicted octanol–water partition coefficient (Wildman–Crippen LogP) is 3.58. The molecule has 0 saturated carbocycles. The lowest BCUT2D eigenvalue weighted by Gasteiger charge is -2.06. The molecule has 6 nitrogen and oxygen atoms in total. The molecule has 0 radical (unpaired) electrons. The fourth-order valence-corrected chi connectivity index (χ4v) is 2.91. The van der Waals surface area contributed by atoms with Gasteiger partial charge in [0.05, 0.1) is 24.3 Å². The van der Waals surface area contributed by atoms with E-state index < -0.39 is 10.0 Å². The zero-order chi connectivity index (χ0) is 18.8. The highest BCUT2D eigenvalue weighted by Gasteiger charge is 2.12. The second-order valence-corrected chi connectivity index (χ2v) is 7.19. The maximum Gasteiger partial charge on any atom is 0.276 e. The molecule has 0 heterocycles. The van der Waals surface area contributed by atoms with Gasteiger partial charge < -0.3 is 9.47 Å². The molecule has 0 spiro atoms. The van der Waals surface area contributed by atoms with E-state index in [9.17, 15) is 8.42 Å². The van der Waals surface area contributed by atoms with Crippen LogP contribution in [0, 0.1) is 0 Å². The van der Waals surface area contributed by atoms with E-state index in [2.05, 4.69) is 16.9 Å². The molecule has 0 atom stereocenters. The predicted molar refractivity (Wildman–Crippen MR) is 102 cm³/mol. The summed E-state index contributed by atoms with van der Waals surface area (Å²) in [6.07, 6.45) is 3.49. The summed E-state index contributed by atoms with van der Waals surface area (Å²) in [4.78, 5) is 2.33. The summed E-state index contributed by atoms with van der Waals surface area (Å²) in [6, 6.07) is 13.5. The van der Waals surface area contributed by atoms with Crippen molar-refractivity contribution < 1.29 is 17.9 Å². The average Bonchev–Trinajstić information content (AvgIpc) is 2.63. The smallest absolute Gasteiger partial charge is 0.276 e. The second kappa shape index (κ2) is 9.82. The SMILES string of the molecule is CCCCOc1cccc(/C=N/NS(=O)(=O)c2ccc(OCC)cc2)c1. The molecular weight excluding hydrogens is 352 g/mol. The van der Waals surface area contributed by atoms with E-state index in [0.29, 0.717) is 19.0 Å². The van der Waals surface area contributed by atoms with Gasteiger partial charge in [0.2, 0.25) is 0 Å². The van der Waals surface area contributed by atoms with Crippen LogP contribution in [0.3, 0.4) is 0 Å². The van der Waals surface area contributed by atoms with Crippen molar-refractivity contribution in [2.75, 3.05) is 13.2 Å². The van der Waals surface area contributed by atoms with E-state index in [4.69, 9.17) is 9.47 Å². The van der Waals surface area contributed by atoms with Crippen LogP contribution in [-0.4, -0.2) is 27.8 Å². The maximum absolute atomic E-state index is 12.2. The Morgan fingerprint density at radius 3 is 2.50 bits per heavy atom. The number of sulfonamides is 1. The van der Waals surface area contributed by atoms with Gasteiger partial charge in [-0.3, -0.25) is 0 Å². The second-order valence-electron chi connectivity index (χ2n) is 5.53. The minimum absolute atomic E-state index is 0.120. The van der Waals surface area contributed by atoms with E-state index in [1.807, 2.05) is 31.2 Å².